The molecule has 2 N–H and O–H groups in total. The first-order valence-corrected chi connectivity index (χ1v) is 6.72. The molecule has 2 aromatic carbocycles. The molecule has 0 aliphatic heterocycles. The minimum Gasteiger partial charge on any atom is -0.550 e. The van der Waals surface area contributed by atoms with Crippen molar-refractivity contribution in [2.24, 2.45) is 0 Å². The van der Waals surface area contributed by atoms with E-state index in [1.165, 1.54) is 30.3 Å². The molecule has 0 atom stereocenters. The topological polar surface area (TPSA) is 83.2 Å². The Morgan fingerprint density at radius 1 is 1.09 bits per heavy atom. The van der Waals surface area contributed by atoms with Gasteiger partial charge in [-0.2, -0.15) is 0 Å². The van der Waals surface area contributed by atoms with Crippen LogP contribution < -0.4 is 40.4 Å². The van der Waals surface area contributed by atoms with E-state index in [2.05, 4.69) is 0 Å². The molecule has 0 heterocycles. The number of benzene rings is 2. The van der Waals surface area contributed by atoms with Gasteiger partial charge in [-0.3, -0.25) is 4.79 Å². The maximum absolute atomic E-state index is 12.4. The quantitative estimate of drug-likeness (QED) is 0.442. The molecule has 0 saturated heterocycles. The molecule has 0 aliphatic rings. The second kappa shape index (κ2) is 7.99. The van der Waals surface area contributed by atoms with Gasteiger partial charge in [0.05, 0.1) is 10.0 Å². The van der Waals surface area contributed by atoms with Crippen molar-refractivity contribution in [3.05, 3.63) is 63.1 Å². The number of carboxylic acid groups (broad SMARTS) is 1. The fourth-order valence-electron chi connectivity index (χ4n) is 1.91. The van der Waals surface area contributed by atoms with Gasteiger partial charge in [-0.05, 0) is 29.8 Å². The monoisotopic (exact) mass is 345 g/mol. The minimum absolute atomic E-state index is 0. The van der Waals surface area contributed by atoms with E-state index in [9.17, 15) is 14.7 Å². The SMILES string of the molecule is Nc1c(CC(=O)[O-])cccc1C(=O)c1ccc(Cl)c(Cl)c1.[Na+]. The third-order valence-corrected chi connectivity index (χ3v) is 3.70. The van der Waals surface area contributed by atoms with Crippen LogP contribution in [0.2, 0.25) is 10.0 Å². The third-order valence-electron chi connectivity index (χ3n) is 2.96. The molecule has 2 aromatic rings. The average Bonchev–Trinajstić information content (AvgIpc) is 2.43. The number of nitrogen functional groups attached to an aromatic ring is 1. The second-order valence-electron chi connectivity index (χ2n) is 4.39. The van der Waals surface area contributed by atoms with Gasteiger partial charge in [0.1, 0.15) is 0 Å². The number of ketones is 1. The number of carboxylic acids is 1. The van der Waals surface area contributed by atoms with E-state index in [0.29, 0.717) is 16.1 Å². The van der Waals surface area contributed by atoms with Crippen molar-refractivity contribution in [2.45, 2.75) is 6.42 Å². The number of carbonyl (C=O) groups excluding carboxylic acids is 2. The zero-order valence-electron chi connectivity index (χ0n) is 11.7. The molecular formula is C15H10Cl2NNaO3. The van der Waals surface area contributed by atoms with Gasteiger partial charge >= 0.3 is 29.6 Å². The van der Waals surface area contributed by atoms with Crippen molar-refractivity contribution in [1.82, 2.24) is 0 Å². The van der Waals surface area contributed by atoms with Crippen LogP contribution in [-0.2, 0) is 11.2 Å². The molecule has 7 heteroatoms. The molecule has 22 heavy (non-hydrogen) atoms. The predicted molar refractivity (Wildman–Crippen MR) is 79.5 cm³/mol. The number of rotatable bonds is 4. The Hall–Kier alpha value is -1.04. The van der Waals surface area contributed by atoms with Crippen LogP contribution in [0.1, 0.15) is 21.5 Å². The molecule has 108 valence electrons. The fraction of sp³-hybridized carbons (Fsp3) is 0.0667. The summed E-state index contributed by atoms with van der Waals surface area (Å²) in [4.78, 5) is 23.1. The summed E-state index contributed by atoms with van der Waals surface area (Å²) in [5.41, 5.74) is 6.86. The first kappa shape index (κ1) is 19.0. The van der Waals surface area contributed by atoms with Gasteiger partial charge in [-0.1, -0.05) is 35.3 Å². The predicted octanol–water partition coefficient (Wildman–Crippen LogP) is -0.897. The standard InChI is InChI=1S/C15H11Cl2NO3.Na/c16-11-5-4-9(6-12(11)17)15(21)10-3-1-2-8(14(10)18)7-13(19)20;/h1-6H,7,18H2,(H,19,20);/q;+1/p-1. The first-order chi connectivity index (χ1) is 9.90. The van der Waals surface area contributed by atoms with Crippen LogP contribution in [0, 0.1) is 0 Å². The van der Waals surface area contributed by atoms with Crippen molar-refractivity contribution >= 4 is 40.6 Å². The van der Waals surface area contributed by atoms with Crippen LogP contribution in [0.5, 0.6) is 0 Å². The number of para-hydroxylation sites is 1. The van der Waals surface area contributed by atoms with Crippen molar-refractivity contribution in [3.63, 3.8) is 0 Å². The molecule has 2 rings (SSSR count). The number of halogens is 2. The Morgan fingerprint density at radius 2 is 1.77 bits per heavy atom. The molecule has 0 aromatic heterocycles. The number of nitrogens with two attached hydrogens (primary N) is 1. The maximum atomic E-state index is 12.4. The van der Waals surface area contributed by atoms with E-state index >= 15 is 0 Å². The van der Waals surface area contributed by atoms with Gasteiger partial charge in [-0.15, -0.1) is 0 Å². The molecule has 0 bridgehead atoms. The number of hydrogen-bond donors (Lipinski definition) is 1. The Balaban J connectivity index is 0.00000242. The molecule has 0 radical (unpaired) electrons. The van der Waals surface area contributed by atoms with Crippen molar-refractivity contribution in [3.8, 4) is 0 Å². The fourth-order valence-corrected chi connectivity index (χ4v) is 2.21. The Kier molecular flexibility index (Phi) is 6.91. The molecule has 0 amide bonds. The molecule has 0 spiro atoms. The molecule has 0 aliphatic carbocycles. The molecule has 0 unspecified atom stereocenters. The Labute approximate surface area is 159 Å². The van der Waals surface area contributed by atoms with Crippen LogP contribution in [0.3, 0.4) is 0 Å². The number of hydrogen-bond acceptors (Lipinski definition) is 4. The second-order valence-corrected chi connectivity index (χ2v) is 5.20. The van der Waals surface area contributed by atoms with Crippen molar-refractivity contribution < 1.29 is 44.3 Å². The van der Waals surface area contributed by atoms with Crippen LogP contribution in [0.15, 0.2) is 36.4 Å². The molecule has 4 nitrogen and oxygen atoms in total. The minimum atomic E-state index is -1.26. The summed E-state index contributed by atoms with van der Waals surface area (Å²) in [5, 5.41) is 11.3. The van der Waals surface area contributed by atoms with E-state index in [1.54, 1.807) is 6.07 Å². The molecule has 0 saturated carbocycles. The van der Waals surface area contributed by atoms with Gasteiger partial charge in [0.15, 0.2) is 5.78 Å². The summed E-state index contributed by atoms with van der Waals surface area (Å²) in [6.07, 6.45) is -0.353. The number of aliphatic carboxylic acids is 1. The van der Waals surface area contributed by atoms with Crippen LogP contribution in [0.4, 0.5) is 5.69 Å². The van der Waals surface area contributed by atoms with Crippen LogP contribution >= 0.6 is 23.2 Å². The summed E-state index contributed by atoms with van der Waals surface area (Å²) in [5.74, 6) is -1.62. The van der Waals surface area contributed by atoms with Crippen LogP contribution in [-0.4, -0.2) is 11.8 Å². The van der Waals surface area contributed by atoms with Gasteiger partial charge in [-0.25, -0.2) is 0 Å². The smallest absolute Gasteiger partial charge is 0.550 e. The summed E-state index contributed by atoms with van der Waals surface area (Å²) in [6, 6.07) is 9.12. The van der Waals surface area contributed by atoms with E-state index in [0.717, 1.165) is 0 Å². The number of anilines is 1. The summed E-state index contributed by atoms with van der Waals surface area (Å²) in [7, 11) is 0. The molecule has 0 fully saturated rings. The van der Waals surface area contributed by atoms with Gasteiger partial charge in [0.25, 0.3) is 0 Å². The van der Waals surface area contributed by atoms with Gasteiger partial charge in [0.2, 0.25) is 0 Å². The average molecular weight is 346 g/mol. The van der Waals surface area contributed by atoms with Crippen LogP contribution in [0.25, 0.3) is 0 Å². The zero-order chi connectivity index (χ0) is 15.6. The van der Waals surface area contributed by atoms with E-state index in [-0.39, 0.29) is 58.0 Å². The van der Waals surface area contributed by atoms with Crippen molar-refractivity contribution in [1.29, 1.82) is 0 Å². The zero-order valence-corrected chi connectivity index (χ0v) is 15.2. The van der Waals surface area contributed by atoms with E-state index < -0.39 is 5.97 Å². The summed E-state index contributed by atoms with van der Waals surface area (Å²) >= 11 is 11.7. The van der Waals surface area contributed by atoms with E-state index in [4.69, 9.17) is 28.9 Å². The van der Waals surface area contributed by atoms with Gasteiger partial charge < -0.3 is 15.6 Å². The normalized spacial score (nSPS) is 9.91. The first-order valence-electron chi connectivity index (χ1n) is 5.97. The Bertz CT molecular complexity index is 735. The maximum Gasteiger partial charge on any atom is 1.00 e. The molecular weight excluding hydrogens is 336 g/mol. The van der Waals surface area contributed by atoms with Gasteiger partial charge in [0, 0.05) is 29.2 Å². The largest absolute Gasteiger partial charge is 1.00 e. The number of carbonyl (C=O) groups is 2. The van der Waals surface area contributed by atoms with E-state index in [1.807, 2.05) is 0 Å². The third kappa shape index (κ3) is 4.24. The van der Waals surface area contributed by atoms with Crippen molar-refractivity contribution in [2.75, 3.05) is 5.73 Å². The Morgan fingerprint density at radius 3 is 2.36 bits per heavy atom. The summed E-state index contributed by atoms with van der Waals surface area (Å²) in [6.45, 7) is 0. The summed E-state index contributed by atoms with van der Waals surface area (Å²) < 4.78 is 0.